The number of hydrogen-bond donors (Lipinski definition) is 0. The van der Waals surface area contributed by atoms with Crippen molar-refractivity contribution in [3.63, 3.8) is 0 Å². The van der Waals surface area contributed by atoms with Crippen LogP contribution in [0.4, 0.5) is 0 Å². The minimum absolute atomic E-state index is 0.0409. The number of unbranched alkanes of at least 4 members (excludes halogenated alkanes) is 6. The molecule has 0 bridgehead atoms. The van der Waals surface area contributed by atoms with Crippen molar-refractivity contribution >= 4 is 0 Å². The van der Waals surface area contributed by atoms with Gasteiger partial charge in [0.15, 0.2) is 0 Å². The van der Waals surface area contributed by atoms with Crippen LogP contribution in [0.15, 0.2) is 0 Å². The average molecular weight is 388 g/mol. The third-order valence-corrected chi connectivity index (χ3v) is 8.22. The molecule has 162 valence electrons. The quantitative estimate of drug-likeness (QED) is 0.289. The standard InChI is InChI=1S/C27H49N/c1-3-5-7-8-10-20-27(23-28)21-18-26(19-22-27)17-16-25-14-12-24(13-15-25)11-9-6-4-2/h24-26H,3-22H2,1-2H3. The maximum Gasteiger partial charge on any atom is 0.0689 e. The molecule has 2 saturated carbocycles. The summed E-state index contributed by atoms with van der Waals surface area (Å²) in [6.45, 7) is 4.59. The predicted octanol–water partition coefficient (Wildman–Crippen LogP) is 9.21. The minimum Gasteiger partial charge on any atom is -0.198 e. The molecule has 1 nitrogen and oxygen atoms in total. The van der Waals surface area contributed by atoms with Crippen molar-refractivity contribution in [2.24, 2.45) is 23.2 Å². The normalized spacial score (nSPS) is 30.8. The average Bonchev–Trinajstić information content (AvgIpc) is 2.74. The zero-order valence-electron chi connectivity index (χ0n) is 19.3. The van der Waals surface area contributed by atoms with Gasteiger partial charge in [0, 0.05) is 0 Å². The van der Waals surface area contributed by atoms with Crippen LogP contribution in [0.1, 0.15) is 142 Å². The molecule has 2 rings (SSSR count). The SMILES string of the molecule is CCCCCCCC1(C#N)CCC(CCC2CCC(CCCCC)CC2)CC1. The van der Waals surface area contributed by atoms with Crippen molar-refractivity contribution in [2.45, 2.75) is 142 Å². The Balaban J connectivity index is 1.57. The van der Waals surface area contributed by atoms with Gasteiger partial charge in [-0.2, -0.15) is 5.26 Å². The van der Waals surface area contributed by atoms with Gasteiger partial charge in [-0.15, -0.1) is 0 Å². The van der Waals surface area contributed by atoms with E-state index in [0.717, 1.165) is 17.8 Å². The Morgan fingerprint density at radius 1 is 0.643 bits per heavy atom. The van der Waals surface area contributed by atoms with Crippen LogP contribution in [0.3, 0.4) is 0 Å². The number of rotatable bonds is 13. The maximum atomic E-state index is 9.82. The second kappa shape index (κ2) is 13.7. The molecule has 0 unspecified atom stereocenters. The van der Waals surface area contributed by atoms with Gasteiger partial charge in [0.2, 0.25) is 0 Å². The van der Waals surface area contributed by atoms with Crippen molar-refractivity contribution in [1.82, 2.24) is 0 Å². The molecule has 0 aliphatic heterocycles. The molecular weight excluding hydrogens is 338 g/mol. The smallest absolute Gasteiger partial charge is 0.0689 e. The minimum atomic E-state index is 0.0409. The largest absolute Gasteiger partial charge is 0.198 e. The molecule has 2 aliphatic carbocycles. The molecule has 0 atom stereocenters. The molecule has 0 saturated heterocycles. The summed E-state index contributed by atoms with van der Waals surface area (Å²) in [5.74, 6) is 2.98. The van der Waals surface area contributed by atoms with Gasteiger partial charge in [-0.3, -0.25) is 0 Å². The Kier molecular flexibility index (Phi) is 11.6. The Hall–Kier alpha value is -0.510. The van der Waals surface area contributed by atoms with Crippen molar-refractivity contribution in [1.29, 1.82) is 5.26 Å². The van der Waals surface area contributed by atoms with Gasteiger partial charge in [-0.25, -0.2) is 0 Å². The second-order valence-electron chi connectivity index (χ2n) is 10.5. The van der Waals surface area contributed by atoms with Crippen LogP contribution in [-0.4, -0.2) is 0 Å². The van der Waals surface area contributed by atoms with E-state index in [2.05, 4.69) is 19.9 Å². The van der Waals surface area contributed by atoms with E-state index in [0.29, 0.717) is 0 Å². The van der Waals surface area contributed by atoms with Gasteiger partial charge in [0.1, 0.15) is 0 Å². The Morgan fingerprint density at radius 2 is 1.14 bits per heavy atom. The third-order valence-electron chi connectivity index (χ3n) is 8.22. The number of hydrogen-bond acceptors (Lipinski definition) is 1. The number of nitriles is 1. The topological polar surface area (TPSA) is 23.8 Å². The van der Waals surface area contributed by atoms with E-state index in [-0.39, 0.29) is 5.41 Å². The summed E-state index contributed by atoms with van der Waals surface area (Å²) in [5.41, 5.74) is 0.0409. The summed E-state index contributed by atoms with van der Waals surface area (Å²) in [7, 11) is 0. The lowest BCUT2D eigenvalue weighted by Gasteiger charge is -2.36. The Morgan fingerprint density at radius 3 is 1.71 bits per heavy atom. The molecule has 2 aliphatic rings. The van der Waals surface area contributed by atoms with Gasteiger partial charge in [0.05, 0.1) is 11.5 Å². The van der Waals surface area contributed by atoms with E-state index >= 15 is 0 Å². The van der Waals surface area contributed by atoms with Crippen molar-refractivity contribution in [3.05, 3.63) is 0 Å². The van der Waals surface area contributed by atoms with Gasteiger partial charge >= 0.3 is 0 Å². The first-order valence-corrected chi connectivity index (χ1v) is 13.1. The fraction of sp³-hybridized carbons (Fsp3) is 0.963. The molecule has 2 fully saturated rings. The van der Waals surface area contributed by atoms with Crippen molar-refractivity contribution in [3.8, 4) is 6.07 Å². The molecular formula is C27H49N. The van der Waals surface area contributed by atoms with Crippen LogP contribution in [-0.2, 0) is 0 Å². The maximum absolute atomic E-state index is 9.82. The summed E-state index contributed by atoms with van der Waals surface area (Å²) in [6, 6.07) is 2.76. The second-order valence-corrected chi connectivity index (χ2v) is 10.5. The summed E-state index contributed by atoms with van der Waals surface area (Å²) >= 11 is 0. The van der Waals surface area contributed by atoms with E-state index in [1.165, 1.54) is 128 Å². The molecule has 0 heterocycles. The van der Waals surface area contributed by atoms with Crippen LogP contribution in [0, 0.1) is 34.5 Å². The first kappa shape index (κ1) is 23.8. The first-order chi connectivity index (χ1) is 13.7. The monoisotopic (exact) mass is 387 g/mol. The van der Waals surface area contributed by atoms with Crippen LogP contribution in [0.25, 0.3) is 0 Å². The van der Waals surface area contributed by atoms with Gasteiger partial charge < -0.3 is 0 Å². The van der Waals surface area contributed by atoms with Crippen LogP contribution in [0.5, 0.6) is 0 Å². The molecule has 0 radical (unpaired) electrons. The number of nitrogens with zero attached hydrogens (tertiary/aromatic N) is 1. The predicted molar refractivity (Wildman–Crippen MR) is 122 cm³/mol. The molecule has 0 aromatic heterocycles. The molecule has 1 heteroatoms. The Bertz CT molecular complexity index is 418. The summed E-state index contributed by atoms with van der Waals surface area (Å²) in [4.78, 5) is 0. The molecule has 0 N–H and O–H groups in total. The van der Waals surface area contributed by atoms with Crippen LogP contribution >= 0.6 is 0 Å². The van der Waals surface area contributed by atoms with Crippen molar-refractivity contribution in [2.75, 3.05) is 0 Å². The fourth-order valence-corrected chi connectivity index (χ4v) is 5.97. The molecule has 0 spiro atoms. The zero-order valence-corrected chi connectivity index (χ0v) is 19.3. The lowest BCUT2D eigenvalue weighted by Crippen LogP contribution is -2.26. The van der Waals surface area contributed by atoms with Crippen LogP contribution < -0.4 is 0 Å². The van der Waals surface area contributed by atoms with E-state index in [1.807, 2.05) is 0 Å². The highest BCUT2D eigenvalue weighted by Gasteiger charge is 2.35. The zero-order chi connectivity index (χ0) is 20.1. The lowest BCUT2D eigenvalue weighted by molar-refractivity contribution is 0.170. The highest BCUT2D eigenvalue weighted by molar-refractivity contribution is 5.01. The summed E-state index contributed by atoms with van der Waals surface area (Å²) in [6.07, 6.45) is 27.6. The molecule has 0 aromatic carbocycles. The van der Waals surface area contributed by atoms with Gasteiger partial charge in [-0.05, 0) is 49.9 Å². The van der Waals surface area contributed by atoms with E-state index < -0.39 is 0 Å². The van der Waals surface area contributed by atoms with Crippen molar-refractivity contribution < 1.29 is 0 Å². The van der Waals surface area contributed by atoms with Gasteiger partial charge in [-0.1, -0.05) is 110 Å². The van der Waals surface area contributed by atoms with Gasteiger partial charge in [0.25, 0.3) is 0 Å². The lowest BCUT2D eigenvalue weighted by atomic mass is 9.67. The summed E-state index contributed by atoms with van der Waals surface area (Å²) < 4.78 is 0. The highest BCUT2D eigenvalue weighted by Crippen LogP contribution is 2.44. The molecule has 28 heavy (non-hydrogen) atoms. The molecule has 0 aromatic rings. The van der Waals surface area contributed by atoms with E-state index in [1.54, 1.807) is 0 Å². The third kappa shape index (κ3) is 8.47. The molecule has 0 amide bonds. The van der Waals surface area contributed by atoms with E-state index in [4.69, 9.17) is 0 Å². The highest BCUT2D eigenvalue weighted by atomic mass is 14.4. The van der Waals surface area contributed by atoms with Crippen LogP contribution in [0.2, 0.25) is 0 Å². The van der Waals surface area contributed by atoms with E-state index in [9.17, 15) is 5.26 Å². The first-order valence-electron chi connectivity index (χ1n) is 13.1. The summed E-state index contributed by atoms with van der Waals surface area (Å²) in [5, 5.41) is 9.82. The Labute approximate surface area is 177 Å². The fourth-order valence-electron chi connectivity index (χ4n) is 5.97.